The van der Waals surface area contributed by atoms with E-state index in [0.717, 1.165) is 28.0 Å². The van der Waals surface area contributed by atoms with Crippen LogP contribution in [0.15, 0.2) is 36.5 Å². The maximum Gasteiger partial charge on any atom is 0.435 e. The lowest BCUT2D eigenvalue weighted by atomic mass is 10.3. The molecule has 3 aromatic rings. The zero-order valence-electron chi connectivity index (χ0n) is 14.1. The molecule has 27 heavy (non-hydrogen) atoms. The van der Waals surface area contributed by atoms with Crippen LogP contribution in [-0.2, 0) is 35.8 Å². The van der Waals surface area contributed by atoms with E-state index in [9.17, 15) is 22.8 Å². The predicted octanol–water partition coefficient (Wildman–Crippen LogP) is 1.18. The zero-order chi connectivity index (χ0) is 19.6. The van der Waals surface area contributed by atoms with Gasteiger partial charge < -0.3 is 4.57 Å². The molecule has 0 aliphatic rings. The smallest absolute Gasteiger partial charge is 0.331 e. The summed E-state index contributed by atoms with van der Waals surface area (Å²) in [5.41, 5.74) is 4.85. The fourth-order valence-electron chi connectivity index (χ4n) is 2.47. The molecule has 0 saturated carbocycles. The topological polar surface area (TPSA) is 93.8 Å². The van der Waals surface area contributed by atoms with E-state index in [2.05, 4.69) is 20.9 Å². The molecule has 0 unspecified atom stereocenters. The second-order valence-electron chi connectivity index (χ2n) is 5.75. The third kappa shape index (κ3) is 4.25. The first-order valence-corrected chi connectivity index (χ1v) is 7.82. The van der Waals surface area contributed by atoms with Gasteiger partial charge in [-0.05, 0) is 18.2 Å². The lowest BCUT2D eigenvalue weighted by Crippen LogP contribution is -2.44. The molecule has 0 atom stereocenters. The minimum absolute atomic E-state index is 0.0779. The van der Waals surface area contributed by atoms with Gasteiger partial charge in [-0.2, -0.15) is 18.3 Å². The van der Waals surface area contributed by atoms with Crippen molar-refractivity contribution in [3.05, 3.63) is 48.0 Å². The lowest BCUT2D eigenvalue weighted by Gasteiger charge is -2.08. The molecule has 0 fully saturated rings. The van der Waals surface area contributed by atoms with Crippen molar-refractivity contribution in [2.75, 3.05) is 0 Å². The van der Waals surface area contributed by atoms with Gasteiger partial charge in [-0.25, -0.2) is 4.98 Å². The summed E-state index contributed by atoms with van der Waals surface area (Å²) >= 11 is 0. The van der Waals surface area contributed by atoms with E-state index in [0.29, 0.717) is 5.82 Å². The quantitative estimate of drug-likeness (QED) is 0.665. The van der Waals surface area contributed by atoms with Gasteiger partial charge >= 0.3 is 6.18 Å². The number of aromatic nitrogens is 4. The van der Waals surface area contributed by atoms with Crippen molar-refractivity contribution in [2.45, 2.75) is 19.1 Å². The molecule has 3 rings (SSSR count). The van der Waals surface area contributed by atoms with E-state index < -0.39 is 30.2 Å². The van der Waals surface area contributed by atoms with Crippen molar-refractivity contribution < 1.29 is 22.8 Å². The Kier molecular flexibility index (Phi) is 4.84. The highest BCUT2D eigenvalue weighted by Crippen LogP contribution is 2.27. The minimum Gasteiger partial charge on any atom is -0.331 e. The number of nitrogens with one attached hydrogen (secondary N) is 2. The largest absolute Gasteiger partial charge is 0.435 e. The van der Waals surface area contributed by atoms with Crippen LogP contribution in [0.2, 0.25) is 0 Å². The van der Waals surface area contributed by atoms with Gasteiger partial charge in [-0.1, -0.05) is 12.1 Å². The van der Waals surface area contributed by atoms with Crippen LogP contribution in [0.3, 0.4) is 0 Å². The standard InChI is InChI=1S/C16H15F3N6O2/c1-24-11-5-3-2-4-10(11)20-13(24)8-14(26)21-22-15(27)9-25-7-6-12(23-25)16(17,18)19/h2-7H,8-9H2,1H3,(H,21,26)(H,22,27). The Morgan fingerprint density at radius 3 is 2.48 bits per heavy atom. The molecule has 2 amide bonds. The Bertz CT molecular complexity index is 992. The number of benzene rings is 1. The monoisotopic (exact) mass is 380 g/mol. The number of nitrogens with zero attached hydrogens (tertiary/aromatic N) is 4. The Balaban J connectivity index is 1.53. The van der Waals surface area contributed by atoms with E-state index in [1.807, 2.05) is 24.3 Å². The normalized spacial score (nSPS) is 11.6. The van der Waals surface area contributed by atoms with Crippen LogP contribution in [0.25, 0.3) is 11.0 Å². The SMILES string of the molecule is Cn1c(CC(=O)NNC(=O)Cn2ccc(C(F)(F)F)n2)nc2ccccc21. The molecule has 0 saturated heterocycles. The van der Waals surface area contributed by atoms with Crippen LogP contribution in [0.1, 0.15) is 11.5 Å². The van der Waals surface area contributed by atoms with Crippen molar-refractivity contribution in [1.82, 2.24) is 30.2 Å². The summed E-state index contributed by atoms with van der Waals surface area (Å²) in [7, 11) is 1.77. The summed E-state index contributed by atoms with van der Waals surface area (Å²) in [6, 6.07) is 8.13. The van der Waals surface area contributed by atoms with Gasteiger partial charge in [0.1, 0.15) is 12.4 Å². The maximum atomic E-state index is 12.5. The number of para-hydroxylation sites is 2. The van der Waals surface area contributed by atoms with E-state index in [1.54, 1.807) is 11.6 Å². The third-order valence-corrected chi connectivity index (χ3v) is 3.78. The first-order chi connectivity index (χ1) is 12.7. The average Bonchev–Trinajstić information content (AvgIpc) is 3.19. The number of fused-ring (bicyclic) bond motifs is 1. The first kappa shape index (κ1) is 18.4. The fraction of sp³-hybridized carbons (Fsp3) is 0.250. The molecular formula is C16H15F3N6O2. The minimum atomic E-state index is -4.58. The molecular weight excluding hydrogens is 365 g/mol. The van der Waals surface area contributed by atoms with Gasteiger partial charge in [-0.15, -0.1) is 0 Å². The van der Waals surface area contributed by atoms with E-state index in [-0.39, 0.29) is 6.42 Å². The second kappa shape index (κ2) is 7.09. The van der Waals surface area contributed by atoms with Crippen LogP contribution in [0.5, 0.6) is 0 Å². The highest BCUT2D eigenvalue weighted by molar-refractivity contribution is 5.84. The summed E-state index contributed by atoms with van der Waals surface area (Å²) in [5, 5.41) is 3.26. The van der Waals surface area contributed by atoms with Crippen LogP contribution in [0.4, 0.5) is 13.2 Å². The molecule has 2 N–H and O–H groups in total. The van der Waals surface area contributed by atoms with Crippen molar-refractivity contribution in [2.24, 2.45) is 7.05 Å². The van der Waals surface area contributed by atoms with Crippen molar-refractivity contribution in [3.63, 3.8) is 0 Å². The number of hydrazine groups is 1. The lowest BCUT2D eigenvalue weighted by molar-refractivity contribution is -0.141. The molecule has 1 aromatic carbocycles. The highest BCUT2D eigenvalue weighted by Gasteiger charge is 2.33. The van der Waals surface area contributed by atoms with Gasteiger partial charge in [0, 0.05) is 13.2 Å². The Labute approximate surface area is 150 Å². The van der Waals surface area contributed by atoms with Gasteiger partial charge in [0.25, 0.3) is 5.91 Å². The molecule has 0 aliphatic heterocycles. The Hall–Kier alpha value is -3.37. The fourth-order valence-corrected chi connectivity index (χ4v) is 2.47. The van der Waals surface area contributed by atoms with E-state index in [4.69, 9.17) is 0 Å². The molecule has 8 nitrogen and oxygen atoms in total. The number of rotatable bonds is 4. The molecule has 2 aromatic heterocycles. The van der Waals surface area contributed by atoms with Gasteiger partial charge in [0.05, 0.1) is 17.5 Å². The van der Waals surface area contributed by atoms with Crippen molar-refractivity contribution >= 4 is 22.8 Å². The average molecular weight is 380 g/mol. The van der Waals surface area contributed by atoms with Crippen LogP contribution < -0.4 is 10.9 Å². The molecule has 0 spiro atoms. The number of hydrogen-bond acceptors (Lipinski definition) is 4. The predicted molar refractivity (Wildman–Crippen MR) is 87.9 cm³/mol. The second-order valence-corrected chi connectivity index (χ2v) is 5.75. The van der Waals surface area contributed by atoms with Gasteiger partial charge in [0.15, 0.2) is 5.69 Å². The molecule has 11 heteroatoms. The number of alkyl halides is 3. The van der Waals surface area contributed by atoms with Crippen molar-refractivity contribution in [3.8, 4) is 0 Å². The number of carbonyl (C=O) groups excluding carboxylic acids is 2. The van der Waals surface area contributed by atoms with Gasteiger partial charge in [-0.3, -0.25) is 25.1 Å². The summed E-state index contributed by atoms with van der Waals surface area (Å²) in [4.78, 5) is 28.1. The Morgan fingerprint density at radius 2 is 1.81 bits per heavy atom. The first-order valence-electron chi connectivity index (χ1n) is 7.82. The number of halogens is 3. The summed E-state index contributed by atoms with van der Waals surface area (Å²) < 4.78 is 40.0. The Morgan fingerprint density at radius 1 is 1.11 bits per heavy atom. The molecule has 0 aliphatic carbocycles. The molecule has 0 bridgehead atoms. The van der Waals surface area contributed by atoms with Crippen LogP contribution in [-0.4, -0.2) is 31.1 Å². The van der Waals surface area contributed by atoms with Crippen molar-refractivity contribution in [1.29, 1.82) is 0 Å². The molecule has 2 heterocycles. The van der Waals surface area contributed by atoms with Crippen LogP contribution >= 0.6 is 0 Å². The number of aryl methyl sites for hydroxylation is 1. The molecule has 142 valence electrons. The summed E-state index contributed by atoms with van der Waals surface area (Å²) in [6.45, 7) is -0.470. The van der Waals surface area contributed by atoms with E-state index >= 15 is 0 Å². The zero-order valence-corrected chi connectivity index (χ0v) is 14.1. The van der Waals surface area contributed by atoms with E-state index in [1.165, 1.54) is 0 Å². The number of imidazole rings is 1. The third-order valence-electron chi connectivity index (χ3n) is 3.78. The number of carbonyl (C=O) groups is 2. The van der Waals surface area contributed by atoms with Crippen LogP contribution in [0, 0.1) is 0 Å². The highest BCUT2D eigenvalue weighted by atomic mass is 19.4. The molecule has 0 radical (unpaired) electrons. The summed E-state index contributed by atoms with van der Waals surface area (Å²) in [5.74, 6) is -0.728. The maximum absolute atomic E-state index is 12.5. The summed E-state index contributed by atoms with van der Waals surface area (Å²) in [6.07, 6.45) is -3.63. The number of amides is 2. The number of hydrogen-bond donors (Lipinski definition) is 2. The van der Waals surface area contributed by atoms with Gasteiger partial charge in [0.2, 0.25) is 5.91 Å².